The maximum Gasteiger partial charge on any atom is 0.261 e. The molecule has 2 aliphatic rings. The van der Waals surface area contributed by atoms with Crippen molar-refractivity contribution < 1.29 is 13.2 Å². The molecule has 0 atom stereocenters. The number of anilines is 2. The van der Waals surface area contributed by atoms with Crippen LogP contribution in [0.4, 0.5) is 11.4 Å². The lowest BCUT2D eigenvalue weighted by Crippen LogP contribution is -2.56. The Morgan fingerprint density at radius 1 is 0.919 bits per heavy atom. The summed E-state index contributed by atoms with van der Waals surface area (Å²) in [6.07, 6.45) is 1.32. The normalized spacial score (nSPS) is 17.7. The average Bonchev–Trinajstić information content (AvgIpc) is 3.19. The van der Waals surface area contributed by atoms with Gasteiger partial charge >= 0.3 is 0 Å². The maximum atomic E-state index is 13.1. The Kier molecular flexibility index (Phi) is 7.31. The van der Waals surface area contributed by atoms with Gasteiger partial charge in [-0.05, 0) is 60.9 Å². The summed E-state index contributed by atoms with van der Waals surface area (Å²) in [5.74, 6) is 0.0533. The van der Waals surface area contributed by atoms with Crippen LogP contribution in [0.25, 0.3) is 0 Å². The average molecular weight is 580 g/mol. The summed E-state index contributed by atoms with van der Waals surface area (Å²) >= 11 is 18.2. The van der Waals surface area contributed by atoms with Gasteiger partial charge in [-0.3, -0.25) is 14.4 Å². The summed E-state index contributed by atoms with van der Waals surface area (Å²) in [6, 6.07) is 19.3. The van der Waals surface area contributed by atoms with Crippen molar-refractivity contribution >= 4 is 62.1 Å². The smallest absolute Gasteiger partial charge is 0.261 e. The van der Waals surface area contributed by atoms with Gasteiger partial charge in [0.05, 0.1) is 27.3 Å². The summed E-state index contributed by atoms with van der Waals surface area (Å²) < 4.78 is 28.8. The fourth-order valence-corrected chi connectivity index (χ4v) is 6.64. The standard InChI is InChI=1S/C26H25Cl3N4O3S/c27-19-7-6-18(24(14-19)31-37(35,36)21-8-9-22(28)23(29)15-21)16-32-12-10-26(11-13-32)25(34)30-17-33(26)20-4-2-1-3-5-20/h1-9,14-15,31H,10-13,16-17H2,(H,30,34). The Balaban J connectivity index is 1.33. The van der Waals surface area contributed by atoms with E-state index in [9.17, 15) is 13.2 Å². The number of halogens is 3. The largest absolute Gasteiger partial charge is 0.339 e. The second-order valence-corrected chi connectivity index (χ2v) is 12.2. The molecule has 7 nitrogen and oxygen atoms in total. The van der Waals surface area contributed by atoms with Crippen LogP contribution in [0.3, 0.4) is 0 Å². The molecule has 0 unspecified atom stereocenters. The number of para-hydroxylation sites is 1. The van der Waals surface area contributed by atoms with Gasteiger partial charge in [0, 0.05) is 30.3 Å². The fraction of sp³-hybridized carbons (Fsp3) is 0.269. The molecular weight excluding hydrogens is 555 g/mol. The van der Waals surface area contributed by atoms with E-state index in [1.807, 2.05) is 36.4 Å². The minimum absolute atomic E-state index is 0.000916. The third kappa shape index (κ3) is 5.26. The zero-order chi connectivity index (χ0) is 26.2. The molecule has 0 aromatic heterocycles. The highest BCUT2D eigenvalue weighted by Gasteiger charge is 2.50. The fourth-order valence-electron chi connectivity index (χ4n) is 4.98. The minimum Gasteiger partial charge on any atom is -0.339 e. The third-order valence-electron chi connectivity index (χ3n) is 7.00. The second kappa shape index (κ2) is 10.3. The number of rotatable bonds is 6. The van der Waals surface area contributed by atoms with Crippen LogP contribution in [0.2, 0.25) is 15.1 Å². The zero-order valence-electron chi connectivity index (χ0n) is 19.8. The van der Waals surface area contributed by atoms with Crippen molar-refractivity contribution in [3.63, 3.8) is 0 Å². The van der Waals surface area contributed by atoms with Crippen molar-refractivity contribution in [2.45, 2.75) is 29.8 Å². The van der Waals surface area contributed by atoms with Gasteiger partial charge < -0.3 is 10.2 Å². The molecule has 37 heavy (non-hydrogen) atoms. The van der Waals surface area contributed by atoms with E-state index in [0.717, 1.165) is 11.3 Å². The number of sulfonamides is 1. The molecule has 2 heterocycles. The van der Waals surface area contributed by atoms with Gasteiger partial charge in [-0.2, -0.15) is 0 Å². The Morgan fingerprint density at radius 3 is 2.35 bits per heavy atom. The van der Waals surface area contributed by atoms with Crippen LogP contribution in [0.15, 0.2) is 71.6 Å². The molecule has 194 valence electrons. The van der Waals surface area contributed by atoms with Crippen molar-refractivity contribution in [1.82, 2.24) is 10.2 Å². The van der Waals surface area contributed by atoms with Gasteiger partial charge in [0.15, 0.2) is 0 Å². The zero-order valence-corrected chi connectivity index (χ0v) is 22.8. The van der Waals surface area contributed by atoms with E-state index in [1.165, 1.54) is 18.2 Å². The summed E-state index contributed by atoms with van der Waals surface area (Å²) in [5, 5.41) is 3.85. The van der Waals surface area contributed by atoms with Crippen LogP contribution in [0.5, 0.6) is 0 Å². The molecule has 0 bridgehead atoms. The van der Waals surface area contributed by atoms with Crippen LogP contribution in [0.1, 0.15) is 18.4 Å². The predicted molar refractivity (Wildman–Crippen MR) is 148 cm³/mol. The minimum atomic E-state index is -3.93. The first-order valence-electron chi connectivity index (χ1n) is 11.8. The van der Waals surface area contributed by atoms with Crippen molar-refractivity contribution in [3.05, 3.63) is 87.4 Å². The topological polar surface area (TPSA) is 81.8 Å². The number of hydrogen-bond acceptors (Lipinski definition) is 5. The molecular formula is C26H25Cl3N4O3S. The molecule has 0 saturated carbocycles. The number of nitrogens with one attached hydrogen (secondary N) is 2. The van der Waals surface area contributed by atoms with Gasteiger partial charge in [0.2, 0.25) is 5.91 Å². The SMILES string of the molecule is O=C1NCN(c2ccccc2)C12CCN(Cc1ccc(Cl)cc1NS(=O)(=O)c1ccc(Cl)c(Cl)c1)CC2. The van der Waals surface area contributed by atoms with E-state index in [1.54, 1.807) is 12.1 Å². The summed E-state index contributed by atoms with van der Waals surface area (Å²) in [5.41, 5.74) is 1.60. The van der Waals surface area contributed by atoms with E-state index in [-0.39, 0.29) is 20.8 Å². The van der Waals surface area contributed by atoms with Crippen molar-refractivity contribution in [3.8, 4) is 0 Å². The highest BCUT2D eigenvalue weighted by atomic mass is 35.5. The monoisotopic (exact) mass is 578 g/mol. The number of carbonyl (C=O) groups is 1. The van der Waals surface area contributed by atoms with Gasteiger partial charge in [0.1, 0.15) is 5.54 Å². The molecule has 3 aromatic rings. The molecule has 5 rings (SSSR count). The number of amides is 1. The number of hydrogen-bond donors (Lipinski definition) is 2. The first kappa shape index (κ1) is 26.1. The Morgan fingerprint density at radius 2 is 1.65 bits per heavy atom. The van der Waals surface area contributed by atoms with E-state index >= 15 is 0 Å². The number of nitrogens with zero attached hydrogens (tertiary/aromatic N) is 2. The van der Waals surface area contributed by atoms with Crippen LogP contribution in [0, 0.1) is 0 Å². The van der Waals surface area contributed by atoms with Crippen molar-refractivity contribution in [2.24, 2.45) is 0 Å². The molecule has 1 amide bonds. The Hall–Kier alpha value is -2.49. The molecule has 0 radical (unpaired) electrons. The molecule has 2 saturated heterocycles. The number of carbonyl (C=O) groups excluding carboxylic acids is 1. The van der Waals surface area contributed by atoms with Crippen LogP contribution in [-0.4, -0.2) is 44.5 Å². The molecule has 0 aliphatic carbocycles. The van der Waals surface area contributed by atoms with E-state index < -0.39 is 15.6 Å². The van der Waals surface area contributed by atoms with E-state index in [2.05, 4.69) is 19.8 Å². The van der Waals surface area contributed by atoms with Crippen LogP contribution >= 0.6 is 34.8 Å². The highest BCUT2D eigenvalue weighted by molar-refractivity contribution is 7.92. The van der Waals surface area contributed by atoms with Crippen molar-refractivity contribution in [2.75, 3.05) is 29.4 Å². The highest BCUT2D eigenvalue weighted by Crippen LogP contribution is 2.37. The second-order valence-electron chi connectivity index (χ2n) is 9.22. The Labute approximate surface area is 231 Å². The summed E-state index contributed by atoms with van der Waals surface area (Å²) in [6.45, 7) is 2.34. The van der Waals surface area contributed by atoms with E-state index in [0.29, 0.717) is 49.9 Å². The number of piperidine rings is 1. The summed E-state index contributed by atoms with van der Waals surface area (Å²) in [7, 11) is -3.93. The van der Waals surface area contributed by atoms with E-state index in [4.69, 9.17) is 34.8 Å². The lowest BCUT2D eigenvalue weighted by atomic mass is 9.85. The van der Waals surface area contributed by atoms with Gasteiger partial charge in [-0.15, -0.1) is 0 Å². The molecule has 2 aliphatic heterocycles. The molecule has 2 N–H and O–H groups in total. The lowest BCUT2D eigenvalue weighted by molar-refractivity contribution is -0.125. The van der Waals surface area contributed by atoms with Crippen LogP contribution in [-0.2, 0) is 21.4 Å². The molecule has 3 aromatic carbocycles. The lowest BCUT2D eigenvalue weighted by Gasteiger charge is -2.43. The Bertz CT molecular complexity index is 1430. The quantitative estimate of drug-likeness (QED) is 0.410. The first-order chi connectivity index (χ1) is 17.7. The van der Waals surface area contributed by atoms with Crippen molar-refractivity contribution in [1.29, 1.82) is 0 Å². The number of likely N-dealkylation sites (tertiary alicyclic amines) is 1. The van der Waals surface area contributed by atoms with Gasteiger partial charge in [0.25, 0.3) is 10.0 Å². The molecule has 2 fully saturated rings. The molecule has 1 spiro atoms. The van der Waals surface area contributed by atoms with Gasteiger partial charge in [-0.1, -0.05) is 59.1 Å². The predicted octanol–water partition coefficient (Wildman–Crippen LogP) is 5.38. The maximum absolute atomic E-state index is 13.1. The number of benzene rings is 3. The van der Waals surface area contributed by atoms with Gasteiger partial charge in [-0.25, -0.2) is 8.42 Å². The third-order valence-corrected chi connectivity index (χ3v) is 9.34. The first-order valence-corrected chi connectivity index (χ1v) is 14.4. The van der Waals surface area contributed by atoms with Crippen LogP contribution < -0.4 is 14.9 Å². The summed E-state index contributed by atoms with van der Waals surface area (Å²) in [4.78, 5) is 17.3. The molecule has 11 heteroatoms.